The van der Waals surface area contributed by atoms with E-state index >= 15 is 0 Å². The Kier molecular flexibility index (Phi) is 2.88. The molecule has 2 N–H and O–H groups in total. The lowest BCUT2D eigenvalue weighted by atomic mass is 9.78. The first-order valence-corrected chi connectivity index (χ1v) is 6.84. The first kappa shape index (κ1) is 10.6. The summed E-state index contributed by atoms with van der Waals surface area (Å²) in [5, 5.41) is 6.74. The van der Waals surface area contributed by atoms with E-state index in [1.165, 1.54) is 38.8 Å². The van der Waals surface area contributed by atoms with Crippen LogP contribution >= 0.6 is 0 Å². The molecule has 0 aromatic carbocycles. The van der Waals surface area contributed by atoms with Crippen LogP contribution in [0.25, 0.3) is 0 Å². The zero-order valence-corrected chi connectivity index (χ0v) is 9.87. The van der Waals surface area contributed by atoms with Gasteiger partial charge in [-0.2, -0.15) is 0 Å². The molecule has 3 atom stereocenters. The summed E-state index contributed by atoms with van der Waals surface area (Å²) in [6.07, 6.45) is 7.18. The van der Waals surface area contributed by atoms with Gasteiger partial charge >= 0.3 is 0 Å². The van der Waals surface area contributed by atoms with Gasteiger partial charge in [-0.05, 0) is 57.0 Å². The summed E-state index contributed by atoms with van der Waals surface area (Å²) in [7, 11) is 0. The highest BCUT2D eigenvalue weighted by molar-refractivity contribution is 5.79. The molecule has 1 aliphatic heterocycles. The SMILES string of the molecule is O=C(NC1CC[C@H]2CNC[C@H]2C1)C1CCC1. The number of hydrogen-bond acceptors (Lipinski definition) is 2. The number of nitrogens with one attached hydrogen (secondary N) is 2. The first-order chi connectivity index (χ1) is 7.83. The maximum absolute atomic E-state index is 11.9. The number of carbonyl (C=O) groups is 1. The van der Waals surface area contributed by atoms with Crippen LogP contribution in [-0.4, -0.2) is 25.0 Å². The van der Waals surface area contributed by atoms with Crippen molar-refractivity contribution in [3.8, 4) is 0 Å². The summed E-state index contributed by atoms with van der Waals surface area (Å²) in [5.74, 6) is 2.39. The van der Waals surface area contributed by atoms with Crippen LogP contribution in [0.5, 0.6) is 0 Å². The highest BCUT2D eigenvalue weighted by Gasteiger charge is 2.35. The van der Waals surface area contributed by atoms with Crippen molar-refractivity contribution in [3.05, 3.63) is 0 Å². The van der Waals surface area contributed by atoms with E-state index in [4.69, 9.17) is 0 Å². The fraction of sp³-hybridized carbons (Fsp3) is 0.923. The number of carbonyl (C=O) groups excluding carboxylic acids is 1. The minimum atomic E-state index is 0.334. The summed E-state index contributed by atoms with van der Waals surface area (Å²) in [6, 6.07) is 0.467. The molecule has 0 aromatic heterocycles. The molecule has 1 saturated heterocycles. The standard InChI is InChI=1S/C13H22N2O/c16-13(9-2-1-3-9)15-12-5-4-10-7-14-8-11(10)6-12/h9-12,14H,1-8H2,(H,15,16)/t10-,11+,12?/m0/s1. The summed E-state index contributed by atoms with van der Waals surface area (Å²) in [6.45, 7) is 2.37. The molecule has 16 heavy (non-hydrogen) atoms. The molecule has 0 radical (unpaired) electrons. The van der Waals surface area contributed by atoms with Gasteiger partial charge in [0.05, 0.1) is 0 Å². The predicted molar refractivity (Wildman–Crippen MR) is 63.0 cm³/mol. The Hall–Kier alpha value is -0.570. The molecule has 2 saturated carbocycles. The van der Waals surface area contributed by atoms with E-state index in [1.807, 2.05) is 0 Å². The van der Waals surface area contributed by atoms with E-state index in [0.717, 1.165) is 24.7 Å². The minimum Gasteiger partial charge on any atom is -0.353 e. The lowest BCUT2D eigenvalue weighted by molar-refractivity contribution is -0.128. The van der Waals surface area contributed by atoms with Gasteiger partial charge in [-0.3, -0.25) is 4.79 Å². The molecule has 3 fully saturated rings. The van der Waals surface area contributed by atoms with E-state index in [-0.39, 0.29) is 0 Å². The fourth-order valence-corrected chi connectivity index (χ4v) is 3.42. The first-order valence-electron chi connectivity index (χ1n) is 6.84. The van der Waals surface area contributed by atoms with Gasteiger partial charge in [0.15, 0.2) is 0 Å². The topological polar surface area (TPSA) is 41.1 Å². The molecule has 3 nitrogen and oxygen atoms in total. The number of fused-ring (bicyclic) bond motifs is 1. The van der Waals surface area contributed by atoms with Crippen LogP contribution in [-0.2, 0) is 4.79 Å². The van der Waals surface area contributed by atoms with E-state index < -0.39 is 0 Å². The average molecular weight is 222 g/mol. The summed E-state index contributed by atoms with van der Waals surface area (Å²) >= 11 is 0. The second-order valence-electron chi connectivity index (χ2n) is 5.82. The lowest BCUT2D eigenvalue weighted by Crippen LogP contribution is -2.44. The molecule has 0 bridgehead atoms. The van der Waals surface area contributed by atoms with Crippen molar-refractivity contribution in [3.63, 3.8) is 0 Å². The predicted octanol–water partition coefficient (Wildman–Crippen LogP) is 1.29. The van der Waals surface area contributed by atoms with Gasteiger partial charge in [-0.1, -0.05) is 6.42 Å². The van der Waals surface area contributed by atoms with Crippen LogP contribution in [0.2, 0.25) is 0 Å². The van der Waals surface area contributed by atoms with Gasteiger partial charge in [-0.15, -0.1) is 0 Å². The van der Waals surface area contributed by atoms with Crippen LogP contribution in [0.1, 0.15) is 38.5 Å². The van der Waals surface area contributed by atoms with Crippen LogP contribution in [0.4, 0.5) is 0 Å². The van der Waals surface area contributed by atoms with Crippen LogP contribution in [0.15, 0.2) is 0 Å². The van der Waals surface area contributed by atoms with Crippen LogP contribution in [0, 0.1) is 17.8 Å². The number of amides is 1. The monoisotopic (exact) mass is 222 g/mol. The third-order valence-electron chi connectivity index (χ3n) is 4.78. The molecule has 1 amide bonds. The Balaban J connectivity index is 1.50. The van der Waals surface area contributed by atoms with E-state index in [0.29, 0.717) is 17.9 Å². The third-order valence-corrected chi connectivity index (χ3v) is 4.78. The van der Waals surface area contributed by atoms with Crippen molar-refractivity contribution < 1.29 is 4.79 Å². The zero-order chi connectivity index (χ0) is 11.0. The van der Waals surface area contributed by atoms with Crippen molar-refractivity contribution in [1.82, 2.24) is 10.6 Å². The normalized spacial score (nSPS) is 38.9. The Morgan fingerprint density at radius 2 is 1.88 bits per heavy atom. The quantitative estimate of drug-likeness (QED) is 0.739. The molecule has 0 aromatic rings. The van der Waals surface area contributed by atoms with E-state index in [2.05, 4.69) is 10.6 Å². The highest BCUT2D eigenvalue weighted by atomic mass is 16.2. The molecule has 2 aliphatic carbocycles. The van der Waals surface area contributed by atoms with Gasteiger partial charge in [0.1, 0.15) is 0 Å². The van der Waals surface area contributed by atoms with Gasteiger partial charge < -0.3 is 10.6 Å². The molecule has 1 unspecified atom stereocenters. The molecule has 90 valence electrons. The van der Waals surface area contributed by atoms with Gasteiger partial charge in [-0.25, -0.2) is 0 Å². The molecular formula is C13H22N2O. The third kappa shape index (κ3) is 1.97. The van der Waals surface area contributed by atoms with E-state index in [1.54, 1.807) is 0 Å². The maximum Gasteiger partial charge on any atom is 0.223 e. The second kappa shape index (κ2) is 4.36. The van der Waals surface area contributed by atoms with Gasteiger partial charge in [0.2, 0.25) is 5.91 Å². The molecule has 3 rings (SSSR count). The summed E-state index contributed by atoms with van der Waals surface area (Å²) < 4.78 is 0. The van der Waals surface area contributed by atoms with Crippen molar-refractivity contribution in [1.29, 1.82) is 0 Å². The van der Waals surface area contributed by atoms with Crippen LogP contribution < -0.4 is 10.6 Å². The molecule has 3 aliphatic rings. The minimum absolute atomic E-state index is 0.334. The smallest absolute Gasteiger partial charge is 0.223 e. The van der Waals surface area contributed by atoms with E-state index in [9.17, 15) is 4.79 Å². The Morgan fingerprint density at radius 1 is 1.06 bits per heavy atom. The molecule has 0 spiro atoms. The molecule has 3 heteroatoms. The lowest BCUT2D eigenvalue weighted by Gasteiger charge is -2.33. The average Bonchev–Trinajstić information content (AvgIpc) is 2.61. The number of rotatable bonds is 2. The molecule has 1 heterocycles. The van der Waals surface area contributed by atoms with Gasteiger partial charge in [0, 0.05) is 12.0 Å². The Labute approximate surface area is 97.4 Å². The zero-order valence-electron chi connectivity index (χ0n) is 9.87. The summed E-state index contributed by atoms with van der Waals surface area (Å²) in [5.41, 5.74) is 0. The second-order valence-corrected chi connectivity index (χ2v) is 5.82. The largest absolute Gasteiger partial charge is 0.353 e. The van der Waals surface area contributed by atoms with Crippen LogP contribution in [0.3, 0.4) is 0 Å². The van der Waals surface area contributed by atoms with Crippen molar-refractivity contribution >= 4 is 5.91 Å². The van der Waals surface area contributed by atoms with Crippen molar-refractivity contribution in [2.24, 2.45) is 17.8 Å². The maximum atomic E-state index is 11.9. The molecular weight excluding hydrogens is 200 g/mol. The number of hydrogen-bond donors (Lipinski definition) is 2. The van der Waals surface area contributed by atoms with Crippen molar-refractivity contribution in [2.75, 3.05) is 13.1 Å². The Morgan fingerprint density at radius 3 is 2.62 bits per heavy atom. The Bertz CT molecular complexity index is 275. The fourth-order valence-electron chi connectivity index (χ4n) is 3.42. The van der Waals surface area contributed by atoms with Crippen molar-refractivity contribution in [2.45, 2.75) is 44.6 Å². The highest BCUT2D eigenvalue weighted by Crippen LogP contribution is 2.33. The van der Waals surface area contributed by atoms with Gasteiger partial charge in [0.25, 0.3) is 0 Å². The summed E-state index contributed by atoms with van der Waals surface area (Å²) in [4.78, 5) is 11.9.